The van der Waals surface area contributed by atoms with Crippen LogP contribution < -0.4 is 4.74 Å². The average Bonchev–Trinajstić information content (AvgIpc) is 2.89. The molecule has 0 atom stereocenters. The summed E-state index contributed by atoms with van der Waals surface area (Å²) in [4.78, 5) is 1.34. The molecule has 0 heterocycles. The fourth-order valence-corrected chi connectivity index (χ4v) is 1.89. The van der Waals surface area contributed by atoms with Crippen LogP contribution >= 0.6 is 11.8 Å². The van der Waals surface area contributed by atoms with Gasteiger partial charge in [0.2, 0.25) is 0 Å². The fraction of sp³-hybridized carbons (Fsp3) is 0.455. The first-order valence-electron chi connectivity index (χ1n) is 4.61. The van der Waals surface area contributed by atoms with E-state index >= 15 is 0 Å². The van der Waals surface area contributed by atoms with Gasteiger partial charge in [0.15, 0.2) is 0 Å². The highest BCUT2D eigenvalue weighted by molar-refractivity contribution is 7.98. The van der Waals surface area contributed by atoms with Crippen molar-refractivity contribution in [3.05, 3.63) is 23.8 Å². The summed E-state index contributed by atoms with van der Waals surface area (Å²) in [5, 5.41) is 0. The van der Waals surface area contributed by atoms with Gasteiger partial charge < -0.3 is 4.74 Å². The molecular formula is C11H14OS. The maximum atomic E-state index is 5.70. The molecule has 0 aliphatic heterocycles. The van der Waals surface area contributed by atoms with Crippen molar-refractivity contribution in [2.24, 2.45) is 0 Å². The van der Waals surface area contributed by atoms with E-state index in [-0.39, 0.29) is 0 Å². The summed E-state index contributed by atoms with van der Waals surface area (Å²) >= 11 is 1.78. The van der Waals surface area contributed by atoms with Crippen LogP contribution in [-0.4, -0.2) is 12.4 Å². The lowest BCUT2D eigenvalue weighted by Gasteiger charge is -2.07. The molecule has 1 fully saturated rings. The van der Waals surface area contributed by atoms with E-state index in [1.807, 2.05) is 0 Å². The monoisotopic (exact) mass is 194 g/mol. The lowest BCUT2D eigenvalue weighted by Crippen LogP contribution is -1.95. The van der Waals surface area contributed by atoms with Crippen molar-refractivity contribution in [2.45, 2.75) is 30.8 Å². The summed E-state index contributed by atoms with van der Waals surface area (Å²) in [5.74, 6) is 1.03. The van der Waals surface area contributed by atoms with Gasteiger partial charge in [0, 0.05) is 4.90 Å². The molecular weight excluding hydrogens is 180 g/mol. The largest absolute Gasteiger partial charge is 0.490 e. The Morgan fingerprint density at radius 2 is 2.15 bits per heavy atom. The van der Waals surface area contributed by atoms with Gasteiger partial charge >= 0.3 is 0 Å². The molecule has 0 aromatic heterocycles. The molecule has 1 aromatic carbocycles. The molecule has 2 heteroatoms. The summed E-state index contributed by atoms with van der Waals surface area (Å²) in [6.07, 6.45) is 5.05. The minimum Gasteiger partial charge on any atom is -0.490 e. The molecule has 1 aliphatic rings. The van der Waals surface area contributed by atoms with Crippen LogP contribution in [0.5, 0.6) is 5.75 Å². The maximum absolute atomic E-state index is 5.70. The zero-order chi connectivity index (χ0) is 9.26. The third-order valence-electron chi connectivity index (χ3n) is 2.19. The standard InChI is InChI=1S/C11H14OS/c1-8-7-10(12-9-3-4-9)5-6-11(8)13-2/h5-7,9H,3-4H2,1-2H3. The van der Waals surface area contributed by atoms with Gasteiger partial charge in [-0.2, -0.15) is 0 Å². The molecule has 1 saturated carbocycles. The molecule has 1 nitrogen and oxygen atoms in total. The second-order valence-electron chi connectivity index (χ2n) is 3.45. The van der Waals surface area contributed by atoms with Crippen molar-refractivity contribution in [3.63, 3.8) is 0 Å². The van der Waals surface area contributed by atoms with E-state index < -0.39 is 0 Å². The zero-order valence-corrected chi connectivity index (χ0v) is 8.86. The van der Waals surface area contributed by atoms with Crippen LogP contribution in [-0.2, 0) is 0 Å². The van der Waals surface area contributed by atoms with Gasteiger partial charge in [0.05, 0.1) is 6.10 Å². The normalized spacial score (nSPS) is 15.8. The summed E-state index contributed by atoms with van der Waals surface area (Å²) in [6, 6.07) is 6.33. The lowest BCUT2D eigenvalue weighted by atomic mass is 10.2. The summed E-state index contributed by atoms with van der Waals surface area (Å²) in [7, 11) is 0. The molecule has 0 radical (unpaired) electrons. The molecule has 0 unspecified atom stereocenters. The van der Waals surface area contributed by atoms with Gasteiger partial charge in [-0.1, -0.05) is 0 Å². The zero-order valence-electron chi connectivity index (χ0n) is 8.04. The molecule has 1 aromatic rings. The van der Waals surface area contributed by atoms with Crippen molar-refractivity contribution in [1.29, 1.82) is 0 Å². The van der Waals surface area contributed by atoms with Crippen LogP contribution in [0.4, 0.5) is 0 Å². The summed E-state index contributed by atoms with van der Waals surface area (Å²) in [5.41, 5.74) is 1.31. The van der Waals surface area contributed by atoms with Gasteiger partial charge in [0.25, 0.3) is 0 Å². The third kappa shape index (κ3) is 2.19. The van der Waals surface area contributed by atoms with E-state index in [1.165, 1.54) is 23.3 Å². The first-order valence-corrected chi connectivity index (χ1v) is 5.83. The first-order chi connectivity index (χ1) is 6.29. The molecule has 1 aliphatic carbocycles. The molecule has 0 bridgehead atoms. The second-order valence-corrected chi connectivity index (χ2v) is 4.30. The smallest absolute Gasteiger partial charge is 0.120 e. The summed E-state index contributed by atoms with van der Waals surface area (Å²) in [6.45, 7) is 2.13. The Morgan fingerprint density at radius 3 is 2.69 bits per heavy atom. The Hall–Kier alpha value is -0.630. The van der Waals surface area contributed by atoms with Gasteiger partial charge in [0.1, 0.15) is 5.75 Å². The SMILES string of the molecule is CSc1ccc(OC2CC2)cc1C. The van der Waals surface area contributed by atoms with Gasteiger partial charge in [-0.15, -0.1) is 11.8 Å². The Kier molecular flexibility index (Phi) is 2.49. The topological polar surface area (TPSA) is 9.23 Å². The predicted molar refractivity (Wildman–Crippen MR) is 56.6 cm³/mol. The number of ether oxygens (including phenoxy) is 1. The Morgan fingerprint density at radius 1 is 1.38 bits per heavy atom. The number of benzene rings is 1. The highest BCUT2D eigenvalue weighted by Gasteiger charge is 2.23. The highest BCUT2D eigenvalue weighted by atomic mass is 32.2. The maximum Gasteiger partial charge on any atom is 0.120 e. The molecule has 0 saturated heterocycles. The molecule has 2 rings (SSSR count). The van der Waals surface area contributed by atoms with E-state index in [0.29, 0.717) is 6.10 Å². The van der Waals surface area contributed by atoms with Crippen LogP contribution in [0.3, 0.4) is 0 Å². The minimum atomic E-state index is 0.500. The highest BCUT2D eigenvalue weighted by Crippen LogP contribution is 2.29. The van der Waals surface area contributed by atoms with Gasteiger partial charge in [-0.25, -0.2) is 0 Å². The van der Waals surface area contributed by atoms with Crippen LogP contribution in [0.25, 0.3) is 0 Å². The van der Waals surface area contributed by atoms with Gasteiger partial charge in [-0.3, -0.25) is 0 Å². The third-order valence-corrected chi connectivity index (χ3v) is 3.09. The van der Waals surface area contributed by atoms with Crippen molar-refractivity contribution in [3.8, 4) is 5.75 Å². The minimum absolute atomic E-state index is 0.500. The van der Waals surface area contributed by atoms with E-state index in [4.69, 9.17) is 4.74 Å². The molecule has 0 amide bonds. The molecule has 13 heavy (non-hydrogen) atoms. The van der Waals surface area contributed by atoms with Crippen LogP contribution in [0, 0.1) is 6.92 Å². The second kappa shape index (κ2) is 3.62. The number of aryl methyl sites for hydroxylation is 1. The number of thioether (sulfide) groups is 1. The number of hydrogen-bond acceptors (Lipinski definition) is 2. The van der Waals surface area contributed by atoms with Crippen LogP contribution in [0.2, 0.25) is 0 Å². The van der Waals surface area contributed by atoms with E-state index in [2.05, 4.69) is 31.4 Å². The first kappa shape index (κ1) is 8.95. The van der Waals surface area contributed by atoms with Crippen molar-refractivity contribution in [1.82, 2.24) is 0 Å². The van der Waals surface area contributed by atoms with Crippen molar-refractivity contribution >= 4 is 11.8 Å². The van der Waals surface area contributed by atoms with Crippen LogP contribution in [0.15, 0.2) is 23.1 Å². The van der Waals surface area contributed by atoms with Crippen LogP contribution in [0.1, 0.15) is 18.4 Å². The summed E-state index contributed by atoms with van der Waals surface area (Å²) < 4.78 is 5.70. The molecule has 0 spiro atoms. The fourth-order valence-electron chi connectivity index (χ4n) is 1.30. The number of hydrogen-bond donors (Lipinski definition) is 0. The Bertz CT molecular complexity index is 305. The molecule has 70 valence electrons. The number of rotatable bonds is 3. The van der Waals surface area contributed by atoms with Gasteiger partial charge in [-0.05, 0) is 49.8 Å². The Balaban J connectivity index is 2.13. The lowest BCUT2D eigenvalue weighted by molar-refractivity contribution is 0.303. The Labute approximate surface area is 83.5 Å². The van der Waals surface area contributed by atoms with E-state index in [0.717, 1.165) is 5.75 Å². The average molecular weight is 194 g/mol. The van der Waals surface area contributed by atoms with E-state index in [9.17, 15) is 0 Å². The quantitative estimate of drug-likeness (QED) is 0.683. The predicted octanol–water partition coefficient (Wildman–Crippen LogP) is 3.26. The van der Waals surface area contributed by atoms with Crippen molar-refractivity contribution in [2.75, 3.05) is 6.26 Å². The molecule has 0 N–H and O–H groups in total. The van der Waals surface area contributed by atoms with E-state index in [1.54, 1.807) is 11.8 Å². The van der Waals surface area contributed by atoms with Crippen molar-refractivity contribution < 1.29 is 4.74 Å².